The van der Waals surface area contributed by atoms with Crippen molar-refractivity contribution in [2.24, 2.45) is 5.92 Å². The molecule has 0 spiro atoms. The summed E-state index contributed by atoms with van der Waals surface area (Å²) in [5, 5.41) is 0. The minimum absolute atomic E-state index is 0.0172. The van der Waals surface area contributed by atoms with Gasteiger partial charge in [-0.15, -0.1) is 0 Å². The molecule has 0 unspecified atom stereocenters. The molecule has 21 heavy (non-hydrogen) atoms. The van der Waals surface area contributed by atoms with Crippen molar-refractivity contribution in [1.82, 2.24) is 9.88 Å². The maximum absolute atomic E-state index is 11.7. The summed E-state index contributed by atoms with van der Waals surface area (Å²) < 4.78 is 10.3. The molecule has 2 heterocycles. The summed E-state index contributed by atoms with van der Waals surface area (Å²) in [6.07, 6.45) is 3.78. The summed E-state index contributed by atoms with van der Waals surface area (Å²) >= 11 is 0. The first-order chi connectivity index (χ1) is 10.1. The number of carbonyl (C=O) groups is 1. The number of likely N-dealkylation sites (tertiary alicyclic amines) is 1. The lowest BCUT2D eigenvalue weighted by Gasteiger charge is -2.31. The molecule has 5 heteroatoms. The van der Waals surface area contributed by atoms with Crippen molar-refractivity contribution < 1.29 is 14.3 Å². The van der Waals surface area contributed by atoms with Crippen molar-refractivity contribution in [3.8, 4) is 5.75 Å². The Bertz CT molecular complexity index is 516. The van der Waals surface area contributed by atoms with Crippen molar-refractivity contribution in [2.75, 3.05) is 27.3 Å². The Balaban J connectivity index is 2.09. The number of piperidine rings is 1. The Hall–Kier alpha value is -1.62. The number of aromatic nitrogens is 1. The van der Waals surface area contributed by atoms with Crippen LogP contribution in [0.25, 0.3) is 0 Å². The highest BCUT2D eigenvalue weighted by Gasteiger charge is 2.27. The molecule has 1 aromatic heterocycles. The summed E-state index contributed by atoms with van der Waals surface area (Å²) in [6.45, 7) is 6.51. The van der Waals surface area contributed by atoms with Crippen LogP contribution in [-0.4, -0.2) is 43.2 Å². The van der Waals surface area contributed by atoms with Crippen LogP contribution in [0.5, 0.6) is 5.75 Å². The fourth-order valence-corrected chi connectivity index (χ4v) is 3.00. The van der Waals surface area contributed by atoms with Crippen molar-refractivity contribution in [1.29, 1.82) is 0 Å². The Morgan fingerprint density at radius 3 is 2.86 bits per heavy atom. The van der Waals surface area contributed by atoms with Crippen LogP contribution in [0.1, 0.15) is 29.7 Å². The van der Waals surface area contributed by atoms with Crippen molar-refractivity contribution in [2.45, 2.75) is 33.2 Å². The summed E-state index contributed by atoms with van der Waals surface area (Å²) in [7, 11) is 3.14. The predicted molar refractivity (Wildman–Crippen MR) is 80.3 cm³/mol. The molecule has 1 aliphatic heterocycles. The summed E-state index contributed by atoms with van der Waals surface area (Å²) in [4.78, 5) is 18.5. The number of methoxy groups -OCH3 is 2. The molecular formula is C16H24N2O3. The van der Waals surface area contributed by atoms with Gasteiger partial charge in [0.1, 0.15) is 5.75 Å². The summed E-state index contributed by atoms with van der Waals surface area (Å²) in [5.74, 6) is 0.781. The van der Waals surface area contributed by atoms with Crippen LogP contribution in [0, 0.1) is 19.8 Å². The third kappa shape index (κ3) is 3.53. The van der Waals surface area contributed by atoms with Crippen LogP contribution >= 0.6 is 0 Å². The molecule has 1 aliphatic rings. The van der Waals surface area contributed by atoms with Crippen LogP contribution in [0.15, 0.2) is 6.20 Å². The number of hydrogen-bond acceptors (Lipinski definition) is 5. The Kier molecular flexibility index (Phi) is 5.17. The molecule has 0 saturated carbocycles. The maximum Gasteiger partial charge on any atom is 0.309 e. The lowest BCUT2D eigenvalue weighted by atomic mass is 9.98. The standard InChI is InChI=1S/C16H24N2O3/c1-11-8-17-14(12(2)15(11)20-3)10-18-7-5-6-13(9-18)16(19)21-4/h8,13H,5-7,9-10H2,1-4H3/t13-/m0/s1. The van der Waals surface area contributed by atoms with Gasteiger partial charge in [-0.25, -0.2) is 0 Å². The minimum atomic E-state index is -0.106. The van der Waals surface area contributed by atoms with Gasteiger partial charge in [-0.1, -0.05) is 0 Å². The number of rotatable bonds is 4. The first kappa shape index (κ1) is 15.8. The van der Waals surface area contributed by atoms with Crippen LogP contribution < -0.4 is 4.74 Å². The molecule has 1 fully saturated rings. The van der Waals surface area contributed by atoms with Gasteiger partial charge in [-0.05, 0) is 33.2 Å². The van der Waals surface area contributed by atoms with Crippen LogP contribution in [0.3, 0.4) is 0 Å². The number of pyridine rings is 1. The van der Waals surface area contributed by atoms with Crippen molar-refractivity contribution in [3.63, 3.8) is 0 Å². The molecule has 2 rings (SSSR count). The number of esters is 1. The van der Waals surface area contributed by atoms with Crippen molar-refractivity contribution in [3.05, 3.63) is 23.0 Å². The zero-order valence-electron chi connectivity index (χ0n) is 13.3. The third-order valence-corrected chi connectivity index (χ3v) is 4.16. The zero-order chi connectivity index (χ0) is 15.4. The summed E-state index contributed by atoms with van der Waals surface area (Å²) in [5.41, 5.74) is 3.14. The second-order valence-corrected chi connectivity index (χ2v) is 5.64. The molecule has 0 bridgehead atoms. The number of carbonyl (C=O) groups excluding carboxylic acids is 1. The van der Waals surface area contributed by atoms with Gasteiger partial charge in [0.2, 0.25) is 0 Å². The molecule has 116 valence electrons. The van der Waals surface area contributed by atoms with Gasteiger partial charge >= 0.3 is 5.97 Å². The fraction of sp³-hybridized carbons (Fsp3) is 0.625. The van der Waals surface area contributed by atoms with E-state index < -0.39 is 0 Å². The number of nitrogens with zero attached hydrogens (tertiary/aromatic N) is 2. The average molecular weight is 292 g/mol. The van der Waals surface area contributed by atoms with E-state index in [-0.39, 0.29) is 11.9 Å². The number of hydrogen-bond donors (Lipinski definition) is 0. The Morgan fingerprint density at radius 2 is 2.19 bits per heavy atom. The van der Waals surface area contributed by atoms with Crippen molar-refractivity contribution >= 4 is 5.97 Å². The van der Waals surface area contributed by atoms with Crippen LogP contribution in [-0.2, 0) is 16.1 Å². The first-order valence-corrected chi connectivity index (χ1v) is 7.36. The summed E-state index contributed by atoms with van der Waals surface area (Å²) in [6, 6.07) is 0. The highest BCUT2D eigenvalue weighted by Crippen LogP contribution is 2.26. The van der Waals surface area contributed by atoms with Gasteiger partial charge in [0.25, 0.3) is 0 Å². The normalized spacial score (nSPS) is 19.3. The number of ether oxygens (including phenoxy) is 2. The van der Waals surface area contributed by atoms with E-state index in [4.69, 9.17) is 9.47 Å². The molecule has 5 nitrogen and oxygen atoms in total. The highest BCUT2D eigenvalue weighted by molar-refractivity contribution is 5.72. The van der Waals surface area contributed by atoms with Gasteiger partial charge in [0, 0.05) is 30.4 Å². The largest absolute Gasteiger partial charge is 0.496 e. The van der Waals surface area contributed by atoms with Gasteiger partial charge in [-0.3, -0.25) is 14.7 Å². The second kappa shape index (κ2) is 6.89. The molecule has 1 atom stereocenters. The van der Waals surface area contributed by atoms with E-state index >= 15 is 0 Å². The van der Waals surface area contributed by atoms with Crippen LogP contribution in [0.4, 0.5) is 0 Å². The zero-order valence-corrected chi connectivity index (χ0v) is 13.3. The van der Waals surface area contributed by atoms with E-state index in [1.165, 1.54) is 7.11 Å². The average Bonchev–Trinajstić information content (AvgIpc) is 2.50. The van der Waals surface area contributed by atoms with Gasteiger partial charge in [-0.2, -0.15) is 0 Å². The first-order valence-electron chi connectivity index (χ1n) is 7.36. The topological polar surface area (TPSA) is 51.7 Å². The number of aryl methyl sites for hydroxylation is 1. The van der Waals surface area contributed by atoms with E-state index in [1.807, 2.05) is 20.0 Å². The SMILES string of the molecule is COC(=O)[C@H]1CCCN(Cc2ncc(C)c(OC)c2C)C1. The molecular weight excluding hydrogens is 268 g/mol. The minimum Gasteiger partial charge on any atom is -0.496 e. The van der Waals surface area contributed by atoms with Gasteiger partial charge in [0.05, 0.1) is 25.8 Å². The Labute approximate surface area is 126 Å². The molecule has 1 saturated heterocycles. The van der Waals surface area contributed by atoms with E-state index in [2.05, 4.69) is 9.88 Å². The molecule has 0 N–H and O–H groups in total. The smallest absolute Gasteiger partial charge is 0.309 e. The second-order valence-electron chi connectivity index (χ2n) is 5.64. The fourth-order valence-electron chi connectivity index (χ4n) is 3.00. The predicted octanol–water partition coefficient (Wildman–Crippen LogP) is 2.09. The van der Waals surface area contributed by atoms with E-state index in [9.17, 15) is 4.79 Å². The van der Waals surface area contributed by atoms with E-state index in [1.54, 1.807) is 7.11 Å². The molecule has 0 aromatic carbocycles. The maximum atomic E-state index is 11.7. The lowest BCUT2D eigenvalue weighted by Crippen LogP contribution is -2.39. The molecule has 1 aromatic rings. The Morgan fingerprint density at radius 1 is 1.43 bits per heavy atom. The molecule has 0 radical (unpaired) electrons. The van der Waals surface area contributed by atoms with Crippen LogP contribution in [0.2, 0.25) is 0 Å². The van der Waals surface area contributed by atoms with Gasteiger partial charge < -0.3 is 9.47 Å². The highest BCUT2D eigenvalue weighted by atomic mass is 16.5. The third-order valence-electron chi connectivity index (χ3n) is 4.16. The van der Waals surface area contributed by atoms with E-state index in [0.717, 1.165) is 55.0 Å². The molecule has 0 amide bonds. The van der Waals surface area contributed by atoms with E-state index in [0.29, 0.717) is 0 Å². The monoisotopic (exact) mass is 292 g/mol. The molecule has 0 aliphatic carbocycles. The van der Waals surface area contributed by atoms with Gasteiger partial charge in [0.15, 0.2) is 0 Å². The quantitative estimate of drug-likeness (QED) is 0.795. The lowest BCUT2D eigenvalue weighted by molar-refractivity contribution is -0.147.